The van der Waals surface area contributed by atoms with Crippen LogP contribution in [0.2, 0.25) is 0 Å². The van der Waals surface area contributed by atoms with Gasteiger partial charge in [0.15, 0.2) is 5.82 Å². The number of hydrogen-bond donors (Lipinski definition) is 2. The highest BCUT2D eigenvalue weighted by atomic mass is 16.1. The molecule has 1 aromatic heterocycles. The number of nitrogens with zero attached hydrogens (tertiary/aromatic N) is 1. The van der Waals surface area contributed by atoms with Crippen LogP contribution in [-0.2, 0) is 0 Å². The number of carbonyl (C=O) groups excluding carboxylic acids is 1. The lowest BCUT2D eigenvalue weighted by atomic mass is 10.0. The van der Waals surface area contributed by atoms with Crippen molar-refractivity contribution < 1.29 is 4.79 Å². The fourth-order valence-corrected chi connectivity index (χ4v) is 1.64. The number of aromatic amines is 1. The molecule has 0 aliphatic rings. The molecular weight excluding hydrogens is 214 g/mol. The van der Waals surface area contributed by atoms with Gasteiger partial charge in [-0.15, -0.1) is 0 Å². The monoisotopic (exact) mass is 229 g/mol. The Labute approximate surface area is 99.9 Å². The fourth-order valence-electron chi connectivity index (χ4n) is 1.64. The highest BCUT2D eigenvalue weighted by Crippen LogP contribution is 2.21. The smallest absolute Gasteiger partial charge is 0.284 e. The molecule has 4 heteroatoms. The first-order valence-electron chi connectivity index (χ1n) is 5.53. The van der Waals surface area contributed by atoms with E-state index in [2.05, 4.69) is 35.9 Å². The van der Waals surface area contributed by atoms with Gasteiger partial charge in [-0.1, -0.05) is 38.1 Å². The van der Waals surface area contributed by atoms with Crippen LogP contribution in [-0.4, -0.2) is 15.9 Å². The standard InChI is InChI=1S/C13H15N3O/c1-8(2)9-3-5-10(6-4-9)11-7-15-13(16-11)12(14)17/h3-8H,1-2H3,(H2,14,17)(H,15,16). The van der Waals surface area contributed by atoms with Crippen molar-refractivity contribution in [1.29, 1.82) is 0 Å². The lowest BCUT2D eigenvalue weighted by molar-refractivity contribution is 0.0991. The largest absolute Gasteiger partial charge is 0.363 e. The van der Waals surface area contributed by atoms with E-state index in [1.54, 1.807) is 6.20 Å². The average molecular weight is 229 g/mol. The molecule has 88 valence electrons. The van der Waals surface area contributed by atoms with E-state index in [-0.39, 0.29) is 5.82 Å². The van der Waals surface area contributed by atoms with Gasteiger partial charge in [0.05, 0.1) is 11.9 Å². The molecule has 4 nitrogen and oxygen atoms in total. The van der Waals surface area contributed by atoms with Crippen molar-refractivity contribution in [2.75, 3.05) is 0 Å². The Morgan fingerprint density at radius 1 is 1.29 bits per heavy atom. The van der Waals surface area contributed by atoms with Crippen LogP contribution < -0.4 is 5.73 Å². The summed E-state index contributed by atoms with van der Waals surface area (Å²) in [6.07, 6.45) is 1.62. The van der Waals surface area contributed by atoms with Gasteiger partial charge in [0.25, 0.3) is 5.91 Å². The Bertz CT molecular complexity index is 526. The second-order valence-corrected chi connectivity index (χ2v) is 4.29. The lowest BCUT2D eigenvalue weighted by Gasteiger charge is -2.05. The summed E-state index contributed by atoms with van der Waals surface area (Å²) in [5.74, 6) is 0.148. The number of imidazole rings is 1. The van der Waals surface area contributed by atoms with Gasteiger partial charge >= 0.3 is 0 Å². The average Bonchev–Trinajstić information content (AvgIpc) is 2.78. The molecule has 0 fully saturated rings. The number of primary amides is 1. The van der Waals surface area contributed by atoms with E-state index < -0.39 is 5.91 Å². The number of benzene rings is 1. The van der Waals surface area contributed by atoms with E-state index in [0.29, 0.717) is 5.92 Å². The lowest BCUT2D eigenvalue weighted by Crippen LogP contribution is -2.12. The summed E-state index contributed by atoms with van der Waals surface area (Å²) in [6, 6.07) is 8.16. The molecule has 0 atom stereocenters. The van der Waals surface area contributed by atoms with E-state index in [9.17, 15) is 4.79 Å². The predicted molar refractivity (Wildman–Crippen MR) is 66.6 cm³/mol. The third-order valence-electron chi connectivity index (χ3n) is 2.70. The number of nitrogens with two attached hydrogens (primary N) is 1. The molecule has 2 rings (SSSR count). The van der Waals surface area contributed by atoms with E-state index in [1.807, 2.05) is 12.1 Å². The maximum Gasteiger partial charge on any atom is 0.284 e. The molecule has 2 aromatic rings. The number of nitrogens with one attached hydrogen (secondary N) is 1. The highest BCUT2D eigenvalue weighted by Gasteiger charge is 2.07. The van der Waals surface area contributed by atoms with Crippen molar-refractivity contribution in [2.45, 2.75) is 19.8 Å². The summed E-state index contributed by atoms with van der Waals surface area (Å²) in [4.78, 5) is 17.7. The Morgan fingerprint density at radius 2 is 1.94 bits per heavy atom. The van der Waals surface area contributed by atoms with Crippen LogP contribution in [0.4, 0.5) is 0 Å². The minimum Gasteiger partial charge on any atom is -0.363 e. The number of amides is 1. The molecule has 1 heterocycles. The summed E-state index contributed by atoms with van der Waals surface area (Å²) in [6.45, 7) is 4.30. The number of aromatic nitrogens is 2. The molecule has 0 unspecified atom stereocenters. The zero-order valence-corrected chi connectivity index (χ0v) is 9.90. The Hall–Kier alpha value is -2.10. The molecule has 1 amide bonds. The maximum absolute atomic E-state index is 10.9. The first-order chi connectivity index (χ1) is 8.08. The van der Waals surface area contributed by atoms with Crippen molar-refractivity contribution in [3.8, 4) is 11.3 Å². The molecule has 0 aliphatic carbocycles. The molecule has 1 aromatic carbocycles. The first-order valence-corrected chi connectivity index (χ1v) is 5.53. The molecule has 0 saturated carbocycles. The maximum atomic E-state index is 10.9. The summed E-state index contributed by atoms with van der Waals surface area (Å²) in [5.41, 5.74) is 8.21. The van der Waals surface area contributed by atoms with Crippen LogP contribution >= 0.6 is 0 Å². The summed E-state index contributed by atoms with van der Waals surface area (Å²) in [7, 11) is 0. The zero-order chi connectivity index (χ0) is 12.4. The van der Waals surface area contributed by atoms with Crippen molar-refractivity contribution in [2.24, 2.45) is 5.73 Å². The number of hydrogen-bond acceptors (Lipinski definition) is 2. The molecule has 3 N–H and O–H groups in total. The molecular formula is C13H15N3O. The second kappa shape index (κ2) is 4.41. The summed E-state index contributed by atoms with van der Waals surface area (Å²) in [5, 5.41) is 0. The van der Waals surface area contributed by atoms with Crippen molar-refractivity contribution in [3.63, 3.8) is 0 Å². The van der Waals surface area contributed by atoms with Crippen LogP contribution in [0, 0.1) is 0 Å². The third kappa shape index (κ3) is 2.36. The van der Waals surface area contributed by atoms with Gasteiger partial charge in [0.2, 0.25) is 0 Å². The number of carbonyl (C=O) groups is 1. The van der Waals surface area contributed by atoms with Crippen LogP contribution in [0.1, 0.15) is 35.9 Å². The summed E-state index contributed by atoms with van der Waals surface area (Å²) < 4.78 is 0. The second-order valence-electron chi connectivity index (χ2n) is 4.29. The van der Waals surface area contributed by atoms with Crippen LogP contribution in [0.5, 0.6) is 0 Å². The van der Waals surface area contributed by atoms with Crippen LogP contribution in [0.15, 0.2) is 30.5 Å². The molecule has 0 aliphatic heterocycles. The Balaban J connectivity index is 2.30. The quantitative estimate of drug-likeness (QED) is 0.847. The van der Waals surface area contributed by atoms with E-state index >= 15 is 0 Å². The van der Waals surface area contributed by atoms with Crippen LogP contribution in [0.25, 0.3) is 11.3 Å². The topological polar surface area (TPSA) is 71.8 Å². The van der Waals surface area contributed by atoms with Gasteiger partial charge in [0.1, 0.15) is 0 Å². The zero-order valence-electron chi connectivity index (χ0n) is 9.90. The van der Waals surface area contributed by atoms with Gasteiger partial charge in [-0.3, -0.25) is 4.79 Å². The van der Waals surface area contributed by atoms with Crippen molar-refractivity contribution >= 4 is 5.91 Å². The summed E-state index contributed by atoms with van der Waals surface area (Å²) >= 11 is 0. The van der Waals surface area contributed by atoms with Gasteiger partial charge in [-0.2, -0.15) is 0 Å². The van der Waals surface area contributed by atoms with E-state index in [4.69, 9.17) is 5.73 Å². The number of H-pyrrole nitrogens is 1. The third-order valence-corrected chi connectivity index (χ3v) is 2.70. The van der Waals surface area contributed by atoms with Crippen molar-refractivity contribution in [1.82, 2.24) is 9.97 Å². The molecule has 0 bridgehead atoms. The van der Waals surface area contributed by atoms with E-state index in [0.717, 1.165) is 11.3 Å². The number of rotatable bonds is 3. The minimum atomic E-state index is -0.546. The van der Waals surface area contributed by atoms with Gasteiger partial charge in [-0.05, 0) is 17.0 Å². The normalized spacial score (nSPS) is 10.8. The Kier molecular flexibility index (Phi) is 2.95. The van der Waals surface area contributed by atoms with Gasteiger partial charge in [0, 0.05) is 0 Å². The Morgan fingerprint density at radius 3 is 2.41 bits per heavy atom. The van der Waals surface area contributed by atoms with Crippen molar-refractivity contribution in [3.05, 3.63) is 41.9 Å². The molecule has 17 heavy (non-hydrogen) atoms. The minimum absolute atomic E-state index is 0.188. The van der Waals surface area contributed by atoms with Gasteiger partial charge < -0.3 is 10.7 Å². The van der Waals surface area contributed by atoms with E-state index in [1.165, 1.54) is 5.56 Å². The highest BCUT2D eigenvalue weighted by molar-refractivity contribution is 5.89. The predicted octanol–water partition coefficient (Wildman–Crippen LogP) is 2.30. The van der Waals surface area contributed by atoms with Crippen LogP contribution in [0.3, 0.4) is 0 Å². The first kappa shape index (κ1) is 11.4. The SMILES string of the molecule is CC(C)c1ccc(-c2cnc(C(N)=O)[nH]2)cc1. The molecule has 0 spiro atoms. The van der Waals surface area contributed by atoms with Gasteiger partial charge in [-0.25, -0.2) is 4.98 Å². The molecule has 0 saturated heterocycles. The fraction of sp³-hybridized carbons (Fsp3) is 0.231. The molecule has 0 radical (unpaired) electrons.